The van der Waals surface area contributed by atoms with E-state index in [1.165, 1.54) is 18.3 Å². The Bertz CT molecular complexity index is 643. The second kappa shape index (κ2) is 5.93. The zero-order chi connectivity index (χ0) is 14.7. The molecule has 0 bridgehead atoms. The van der Waals surface area contributed by atoms with Gasteiger partial charge in [0, 0.05) is 10.7 Å². The summed E-state index contributed by atoms with van der Waals surface area (Å²) < 4.78 is 27.5. The van der Waals surface area contributed by atoms with E-state index in [0.29, 0.717) is 0 Å². The largest absolute Gasteiger partial charge is 0.317 e. The number of amides is 1. The van der Waals surface area contributed by atoms with Gasteiger partial charge in [0.2, 0.25) is 0 Å². The SMILES string of the molecule is NNc1ncccc1C(=O)Nc1c(F)cc(Br)cc1F. The van der Waals surface area contributed by atoms with Gasteiger partial charge >= 0.3 is 0 Å². The lowest BCUT2D eigenvalue weighted by molar-refractivity contribution is 0.102. The lowest BCUT2D eigenvalue weighted by Gasteiger charge is -2.10. The summed E-state index contributed by atoms with van der Waals surface area (Å²) in [5.74, 6) is 2.80. The maximum absolute atomic E-state index is 13.6. The topological polar surface area (TPSA) is 80.0 Å². The summed E-state index contributed by atoms with van der Waals surface area (Å²) in [5.41, 5.74) is 1.76. The zero-order valence-electron chi connectivity index (χ0n) is 9.95. The molecule has 8 heteroatoms. The van der Waals surface area contributed by atoms with Gasteiger partial charge in [0.05, 0.1) is 5.56 Å². The number of nitrogens with one attached hydrogen (secondary N) is 2. The van der Waals surface area contributed by atoms with Crippen LogP contribution in [0.15, 0.2) is 34.9 Å². The van der Waals surface area contributed by atoms with Crippen LogP contribution in [0.3, 0.4) is 0 Å². The van der Waals surface area contributed by atoms with Crippen LogP contribution >= 0.6 is 15.9 Å². The first-order valence-electron chi connectivity index (χ1n) is 5.40. The number of hydrogen-bond donors (Lipinski definition) is 3. The van der Waals surface area contributed by atoms with E-state index in [1.54, 1.807) is 0 Å². The van der Waals surface area contributed by atoms with Gasteiger partial charge in [-0.2, -0.15) is 0 Å². The molecule has 1 aromatic heterocycles. The summed E-state index contributed by atoms with van der Waals surface area (Å²) in [6.45, 7) is 0. The molecule has 0 saturated heterocycles. The summed E-state index contributed by atoms with van der Waals surface area (Å²) in [6.07, 6.45) is 1.42. The molecule has 2 aromatic rings. The van der Waals surface area contributed by atoms with E-state index >= 15 is 0 Å². The fourth-order valence-corrected chi connectivity index (χ4v) is 1.95. The third-order valence-corrected chi connectivity index (χ3v) is 2.89. The highest BCUT2D eigenvalue weighted by Crippen LogP contribution is 2.24. The van der Waals surface area contributed by atoms with Crippen LogP contribution in [0.2, 0.25) is 0 Å². The Labute approximate surface area is 121 Å². The fraction of sp³-hybridized carbons (Fsp3) is 0. The predicted octanol–water partition coefficient (Wildman–Crippen LogP) is 2.66. The number of hydrogen-bond acceptors (Lipinski definition) is 4. The van der Waals surface area contributed by atoms with Crippen molar-refractivity contribution in [2.45, 2.75) is 0 Å². The maximum Gasteiger partial charge on any atom is 0.259 e. The standard InChI is InChI=1S/C12H9BrF2N4O/c13-6-4-8(14)10(9(15)5-6)18-12(20)7-2-1-3-17-11(7)19-16/h1-5H,16H2,(H,17,19)(H,18,20). The summed E-state index contributed by atoms with van der Waals surface area (Å²) in [5, 5.41) is 2.15. The molecule has 1 aromatic carbocycles. The highest BCUT2D eigenvalue weighted by molar-refractivity contribution is 9.10. The number of hydrazine groups is 1. The number of benzene rings is 1. The van der Waals surface area contributed by atoms with Gasteiger partial charge in [-0.05, 0) is 24.3 Å². The highest BCUT2D eigenvalue weighted by atomic mass is 79.9. The number of rotatable bonds is 3. The first-order chi connectivity index (χ1) is 9.52. The molecule has 0 saturated carbocycles. The average molecular weight is 343 g/mol. The van der Waals surface area contributed by atoms with Crippen molar-refractivity contribution in [3.05, 3.63) is 52.1 Å². The molecule has 0 spiro atoms. The van der Waals surface area contributed by atoms with Gasteiger partial charge in [0.15, 0.2) is 17.5 Å². The minimum atomic E-state index is -0.892. The van der Waals surface area contributed by atoms with Crippen LogP contribution in [-0.4, -0.2) is 10.9 Å². The molecule has 5 nitrogen and oxygen atoms in total. The van der Waals surface area contributed by atoms with Gasteiger partial charge in [-0.3, -0.25) is 4.79 Å². The van der Waals surface area contributed by atoms with Crippen LogP contribution in [0.1, 0.15) is 10.4 Å². The van der Waals surface area contributed by atoms with Crippen LogP contribution in [0.25, 0.3) is 0 Å². The molecular weight excluding hydrogens is 334 g/mol. The smallest absolute Gasteiger partial charge is 0.259 e. The Morgan fingerprint density at radius 3 is 2.55 bits per heavy atom. The van der Waals surface area contributed by atoms with Gasteiger partial charge in [-0.1, -0.05) is 15.9 Å². The normalized spacial score (nSPS) is 10.2. The third-order valence-electron chi connectivity index (χ3n) is 2.43. The summed E-state index contributed by atoms with van der Waals surface area (Å²) in [4.78, 5) is 15.8. The van der Waals surface area contributed by atoms with Gasteiger partial charge in [-0.25, -0.2) is 19.6 Å². The second-order valence-corrected chi connectivity index (χ2v) is 4.66. The monoisotopic (exact) mass is 342 g/mol. The van der Waals surface area contributed by atoms with Crippen LogP contribution in [-0.2, 0) is 0 Å². The second-order valence-electron chi connectivity index (χ2n) is 3.74. The lowest BCUT2D eigenvalue weighted by Crippen LogP contribution is -2.19. The van der Waals surface area contributed by atoms with E-state index in [4.69, 9.17) is 5.84 Å². The van der Waals surface area contributed by atoms with E-state index < -0.39 is 23.2 Å². The number of halogens is 3. The molecule has 0 radical (unpaired) electrons. The van der Waals surface area contributed by atoms with Crippen molar-refractivity contribution >= 4 is 33.3 Å². The van der Waals surface area contributed by atoms with Crippen LogP contribution in [0, 0.1) is 11.6 Å². The molecule has 0 atom stereocenters. The number of anilines is 2. The molecule has 4 N–H and O–H groups in total. The number of nitrogens with two attached hydrogens (primary N) is 1. The van der Waals surface area contributed by atoms with Gasteiger partial charge < -0.3 is 10.7 Å². The average Bonchev–Trinajstić information content (AvgIpc) is 2.42. The van der Waals surface area contributed by atoms with Crippen molar-refractivity contribution in [1.82, 2.24) is 4.98 Å². The zero-order valence-corrected chi connectivity index (χ0v) is 11.5. The summed E-state index contributed by atoms with van der Waals surface area (Å²) in [6, 6.07) is 5.02. The number of pyridine rings is 1. The molecule has 2 rings (SSSR count). The van der Waals surface area contributed by atoms with Crippen LogP contribution in [0.4, 0.5) is 20.3 Å². The minimum Gasteiger partial charge on any atom is -0.317 e. The van der Waals surface area contributed by atoms with Crippen LogP contribution in [0.5, 0.6) is 0 Å². The predicted molar refractivity (Wildman–Crippen MR) is 74.1 cm³/mol. The Kier molecular flexibility index (Phi) is 4.26. The molecule has 1 heterocycles. The van der Waals surface area contributed by atoms with Gasteiger partial charge in [0.25, 0.3) is 5.91 Å². The first-order valence-corrected chi connectivity index (χ1v) is 6.19. The van der Waals surface area contributed by atoms with Crippen molar-refractivity contribution in [2.75, 3.05) is 10.7 Å². The van der Waals surface area contributed by atoms with E-state index in [0.717, 1.165) is 12.1 Å². The quantitative estimate of drug-likeness (QED) is 0.591. The number of carbonyl (C=O) groups excluding carboxylic acids is 1. The van der Waals surface area contributed by atoms with Crippen LogP contribution < -0.4 is 16.6 Å². The first kappa shape index (κ1) is 14.4. The Balaban J connectivity index is 2.33. The van der Waals surface area contributed by atoms with E-state index in [1.807, 2.05) is 0 Å². The molecule has 1 amide bonds. The van der Waals surface area contributed by atoms with Gasteiger partial charge in [0.1, 0.15) is 5.69 Å². The number of aromatic nitrogens is 1. The number of nitrogen functional groups attached to an aromatic ring is 1. The van der Waals surface area contributed by atoms with Crippen molar-refractivity contribution in [2.24, 2.45) is 5.84 Å². The molecule has 0 aliphatic heterocycles. The Morgan fingerprint density at radius 2 is 1.95 bits per heavy atom. The van der Waals surface area contributed by atoms with E-state index in [9.17, 15) is 13.6 Å². The van der Waals surface area contributed by atoms with Gasteiger partial charge in [-0.15, -0.1) is 0 Å². The van der Waals surface area contributed by atoms with Crippen molar-refractivity contribution < 1.29 is 13.6 Å². The molecule has 0 fully saturated rings. The maximum atomic E-state index is 13.6. The molecule has 0 unspecified atom stereocenters. The Hall–Kier alpha value is -2.06. The molecular formula is C12H9BrF2N4O. The highest BCUT2D eigenvalue weighted by Gasteiger charge is 2.17. The Morgan fingerprint density at radius 1 is 1.30 bits per heavy atom. The lowest BCUT2D eigenvalue weighted by atomic mass is 10.2. The van der Waals surface area contributed by atoms with E-state index in [2.05, 4.69) is 31.7 Å². The third kappa shape index (κ3) is 2.91. The fourth-order valence-electron chi connectivity index (χ4n) is 1.55. The number of carbonyl (C=O) groups is 1. The summed E-state index contributed by atoms with van der Waals surface area (Å²) >= 11 is 2.95. The minimum absolute atomic E-state index is 0.0664. The molecule has 0 aliphatic rings. The number of nitrogens with zero attached hydrogens (tertiary/aromatic N) is 1. The molecule has 0 aliphatic carbocycles. The molecule has 104 valence electrons. The summed E-state index contributed by atoms with van der Waals surface area (Å²) in [7, 11) is 0. The van der Waals surface area contributed by atoms with E-state index in [-0.39, 0.29) is 15.9 Å². The van der Waals surface area contributed by atoms with Crippen molar-refractivity contribution in [1.29, 1.82) is 0 Å². The van der Waals surface area contributed by atoms with Crippen molar-refractivity contribution in [3.8, 4) is 0 Å². The van der Waals surface area contributed by atoms with Crippen molar-refractivity contribution in [3.63, 3.8) is 0 Å². The molecule has 20 heavy (non-hydrogen) atoms.